The quantitative estimate of drug-likeness (QED) is 0.390. The van der Waals surface area contributed by atoms with Gasteiger partial charge in [0, 0.05) is 35.9 Å². The fourth-order valence-electron chi connectivity index (χ4n) is 3.98. The van der Waals surface area contributed by atoms with Crippen LogP contribution in [0.1, 0.15) is 12.0 Å². The number of benzene rings is 1. The van der Waals surface area contributed by atoms with E-state index in [1.165, 1.54) is 0 Å². The number of fused-ring (bicyclic) bond motifs is 1. The summed E-state index contributed by atoms with van der Waals surface area (Å²) >= 11 is 0. The monoisotopic (exact) mass is 455 g/mol. The topological polar surface area (TPSA) is 114 Å². The number of carbonyl (C=O) groups is 1. The van der Waals surface area contributed by atoms with Gasteiger partial charge in [0.05, 0.1) is 25.2 Å². The second-order valence-electron chi connectivity index (χ2n) is 8.13. The average molecular weight is 456 g/mol. The fourth-order valence-corrected chi connectivity index (χ4v) is 3.98. The molecule has 0 aliphatic carbocycles. The highest BCUT2D eigenvalue weighted by molar-refractivity contribution is 5.92. The van der Waals surface area contributed by atoms with Gasteiger partial charge in [-0.3, -0.25) is 9.78 Å². The maximum atomic E-state index is 12.6. The minimum absolute atomic E-state index is 0.169. The molecule has 34 heavy (non-hydrogen) atoms. The number of pyridine rings is 2. The molecule has 4 aromatic rings. The van der Waals surface area contributed by atoms with Crippen LogP contribution in [0.15, 0.2) is 61.1 Å². The van der Waals surface area contributed by atoms with Gasteiger partial charge in [-0.25, -0.2) is 15.0 Å². The number of amides is 1. The summed E-state index contributed by atoms with van der Waals surface area (Å²) in [6.07, 6.45) is 6.36. The zero-order chi connectivity index (χ0) is 23.3. The Morgan fingerprint density at radius 3 is 2.97 bits per heavy atom. The number of rotatable bonds is 7. The Labute approximate surface area is 197 Å². The van der Waals surface area contributed by atoms with Crippen molar-refractivity contribution in [2.24, 2.45) is 0 Å². The number of carbonyl (C=O) groups excluding carboxylic acids is 1. The van der Waals surface area contributed by atoms with E-state index in [-0.39, 0.29) is 12.3 Å². The Morgan fingerprint density at radius 1 is 1.18 bits per heavy atom. The molecule has 0 unspecified atom stereocenters. The standard InChI is InChI=1S/C25H25N7O2/c1-34-19-4-2-3-16(11-19)12-23(33)31-22-13-17(5-10-28-22)24-30-21-15-27-9-7-20(21)25(32-24)29-18-6-8-26-14-18/h2-5,7,9-11,13,15,18,26H,6,8,12,14H2,1H3,(H,28,31,33)(H,29,30,32)/t18-/m1/s1. The maximum Gasteiger partial charge on any atom is 0.229 e. The van der Waals surface area contributed by atoms with Crippen LogP contribution in [0.25, 0.3) is 22.3 Å². The van der Waals surface area contributed by atoms with Gasteiger partial charge in [-0.2, -0.15) is 0 Å². The SMILES string of the molecule is COc1cccc(CC(=O)Nc2cc(-c3nc(N[C@@H]4CCNC4)c4ccncc4n3)ccn2)c1. The molecule has 5 rings (SSSR count). The van der Waals surface area contributed by atoms with Gasteiger partial charge in [0.25, 0.3) is 0 Å². The number of anilines is 2. The third-order valence-electron chi connectivity index (χ3n) is 5.68. The lowest BCUT2D eigenvalue weighted by Crippen LogP contribution is -2.23. The summed E-state index contributed by atoms with van der Waals surface area (Å²) in [5.74, 6) is 2.30. The molecule has 1 amide bonds. The Kier molecular flexibility index (Phi) is 6.26. The number of methoxy groups -OCH3 is 1. The summed E-state index contributed by atoms with van der Waals surface area (Å²) in [5.41, 5.74) is 2.36. The van der Waals surface area contributed by atoms with E-state index >= 15 is 0 Å². The first-order valence-electron chi connectivity index (χ1n) is 11.2. The number of aromatic nitrogens is 4. The Balaban J connectivity index is 1.39. The lowest BCUT2D eigenvalue weighted by molar-refractivity contribution is -0.115. The number of ether oxygens (including phenoxy) is 1. The molecule has 3 aromatic heterocycles. The first-order valence-corrected chi connectivity index (χ1v) is 11.2. The van der Waals surface area contributed by atoms with Crippen molar-refractivity contribution in [3.8, 4) is 17.1 Å². The summed E-state index contributed by atoms with van der Waals surface area (Å²) in [5, 5.41) is 10.7. The lowest BCUT2D eigenvalue weighted by atomic mass is 10.1. The average Bonchev–Trinajstić information content (AvgIpc) is 3.37. The van der Waals surface area contributed by atoms with Crippen molar-refractivity contribution < 1.29 is 9.53 Å². The van der Waals surface area contributed by atoms with Gasteiger partial charge in [0.2, 0.25) is 5.91 Å². The molecule has 172 valence electrons. The predicted octanol–water partition coefficient (Wildman–Crippen LogP) is 3.05. The summed E-state index contributed by atoms with van der Waals surface area (Å²) < 4.78 is 5.23. The zero-order valence-corrected chi connectivity index (χ0v) is 18.8. The van der Waals surface area contributed by atoms with Crippen LogP contribution in [0.4, 0.5) is 11.6 Å². The largest absolute Gasteiger partial charge is 0.497 e. The molecule has 0 bridgehead atoms. The Bertz CT molecular complexity index is 1320. The number of hydrogen-bond acceptors (Lipinski definition) is 8. The van der Waals surface area contributed by atoms with Crippen LogP contribution in [-0.4, -0.2) is 52.1 Å². The Morgan fingerprint density at radius 2 is 2.12 bits per heavy atom. The molecule has 1 atom stereocenters. The highest BCUT2D eigenvalue weighted by atomic mass is 16.5. The van der Waals surface area contributed by atoms with E-state index in [9.17, 15) is 4.79 Å². The Hall–Kier alpha value is -4.11. The lowest BCUT2D eigenvalue weighted by Gasteiger charge is -2.15. The molecular formula is C25H25N7O2. The van der Waals surface area contributed by atoms with E-state index in [2.05, 4.69) is 25.9 Å². The summed E-state index contributed by atoms with van der Waals surface area (Å²) in [7, 11) is 1.60. The molecule has 1 aliphatic rings. The van der Waals surface area contributed by atoms with Crippen molar-refractivity contribution in [1.29, 1.82) is 0 Å². The van der Waals surface area contributed by atoms with Crippen molar-refractivity contribution in [1.82, 2.24) is 25.3 Å². The minimum Gasteiger partial charge on any atom is -0.497 e. The summed E-state index contributed by atoms with van der Waals surface area (Å²) in [6.45, 7) is 1.88. The zero-order valence-electron chi connectivity index (χ0n) is 18.8. The van der Waals surface area contributed by atoms with E-state index in [4.69, 9.17) is 14.7 Å². The minimum atomic E-state index is -0.169. The van der Waals surface area contributed by atoms with Gasteiger partial charge in [0.15, 0.2) is 5.82 Å². The fraction of sp³-hybridized carbons (Fsp3) is 0.240. The molecule has 1 fully saturated rings. The molecule has 4 heterocycles. The van der Waals surface area contributed by atoms with Gasteiger partial charge < -0.3 is 20.7 Å². The smallest absolute Gasteiger partial charge is 0.229 e. The molecule has 1 aromatic carbocycles. The van der Waals surface area contributed by atoms with Crippen LogP contribution < -0.4 is 20.7 Å². The first kappa shape index (κ1) is 21.7. The molecule has 1 aliphatic heterocycles. The van der Waals surface area contributed by atoms with Gasteiger partial charge in [-0.15, -0.1) is 0 Å². The molecule has 3 N–H and O–H groups in total. The van der Waals surface area contributed by atoms with Gasteiger partial charge in [-0.1, -0.05) is 12.1 Å². The normalized spacial score (nSPS) is 15.3. The second kappa shape index (κ2) is 9.80. The first-order chi connectivity index (χ1) is 16.7. The van der Waals surface area contributed by atoms with Crippen LogP contribution in [-0.2, 0) is 11.2 Å². The summed E-state index contributed by atoms with van der Waals surface area (Å²) in [6, 6.07) is 13.3. The number of nitrogens with zero attached hydrogens (tertiary/aromatic N) is 4. The molecule has 1 saturated heterocycles. The highest BCUT2D eigenvalue weighted by Gasteiger charge is 2.18. The molecule has 9 heteroatoms. The third-order valence-corrected chi connectivity index (χ3v) is 5.68. The van der Waals surface area contributed by atoms with Gasteiger partial charge in [0.1, 0.15) is 17.4 Å². The second-order valence-corrected chi connectivity index (χ2v) is 8.13. The highest BCUT2D eigenvalue weighted by Crippen LogP contribution is 2.26. The van der Waals surface area contributed by atoms with Crippen LogP contribution >= 0.6 is 0 Å². The van der Waals surface area contributed by atoms with Crippen molar-refractivity contribution in [3.63, 3.8) is 0 Å². The molecular weight excluding hydrogens is 430 g/mol. The maximum absolute atomic E-state index is 12.6. The van der Waals surface area contributed by atoms with Crippen molar-refractivity contribution in [2.75, 3.05) is 30.8 Å². The molecule has 9 nitrogen and oxygen atoms in total. The predicted molar refractivity (Wildman–Crippen MR) is 131 cm³/mol. The molecule has 0 spiro atoms. The van der Waals surface area contributed by atoms with Crippen LogP contribution in [0, 0.1) is 0 Å². The van der Waals surface area contributed by atoms with E-state index in [0.717, 1.165) is 47.4 Å². The van der Waals surface area contributed by atoms with Crippen molar-refractivity contribution in [3.05, 3.63) is 66.6 Å². The van der Waals surface area contributed by atoms with Gasteiger partial charge >= 0.3 is 0 Å². The van der Waals surface area contributed by atoms with Crippen LogP contribution in [0.3, 0.4) is 0 Å². The molecule has 0 radical (unpaired) electrons. The van der Waals surface area contributed by atoms with Gasteiger partial charge in [-0.05, 0) is 48.9 Å². The molecule has 0 saturated carbocycles. The third kappa shape index (κ3) is 4.94. The number of nitrogens with one attached hydrogen (secondary N) is 3. The van der Waals surface area contributed by atoms with Crippen LogP contribution in [0.2, 0.25) is 0 Å². The van der Waals surface area contributed by atoms with E-state index in [0.29, 0.717) is 23.4 Å². The van der Waals surface area contributed by atoms with Crippen LogP contribution in [0.5, 0.6) is 5.75 Å². The summed E-state index contributed by atoms with van der Waals surface area (Å²) in [4.78, 5) is 30.6. The van der Waals surface area contributed by atoms with Crippen molar-refractivity contribution >= 4 is 28.4 Å². The van der Waals surface area contributed by atoms with E-state index in [1.807, 2.05) is 36.4 Å². The van der Waals surface area contributed by atoms with E-state index < -0.39 is 0 Å². The van der Waals surface area contributed by atoms with Crippen molar-refractivity contribution in [2.45, 2.75) is 18.9 Å². The van der Waals surface area contributed by atoms with E-state index in [1.54, 1.807) is 31.8 Å². The number of hydrogen-bond donors (Lipinski definition) is 3.